The molecule has 17 heavy (non-hydrogen) atoms. The Hall–Kier alpha value is -1.08. The summed E-state index contributed by atoms with van der Waals surface area (Å²) in [7, 11) is -2.03. The van der Waals surface area contributed by atoms with Crippen LogP contribution in [0.25, 0.3) is 0 Å². The van der Waals surface area contributed by atoms with Crippen LogP contribution in [0.3, 0.4) is 0 Å². The fraction of sp³-hybridized carbons (Fsp3) is 0.700. The Labute approximate surface area is 102 Å². The van der Waals surface area contributed by atoms with Crippen LogP contribution in [-0.2, 0) is 17.1 Å². The zero-order valence-electron chi connectivity index (χ0n) is 10.7. The van der Waals surface area contributed by atoms with Crippen LogP contribution in [0.15, 0.2) is 11.4 Å². The van der Waals surface area contributed by atoms with Gasteiger partial charge < -0.3 is 10.3 Å². The van der Waals surface area contributed by atoms with Crippen LogP contribution in [0.4, 0.5) is 5.82 Å². The van der Waals surface area contributed by atoms with Gasteiger partial charge in [0.2, 0.25) is 0 Å². The zero-order chi connectivity index (χ0) is 13.3. The Morgan fingerprint density at radius 2 is 2.00 bits per heavy atom. The van der Waals surface area contributed by atoms with Gasteiger partial charge in [-0.15, -0.1) is 0 Å². The van der Waals surface area contributed by atoms with E-state index in [9.17, 15) is 8.42 Å². The van der Waals surface area contributed by atoms with Crippen molar-refractivity contribution in [3.05, 3.63) is 6.33 Å². The Kier molecular flexibility index (Phi) is 3.83. The number of nitrogens with zero attached hydrogens (tertiary/aromatic N) is 2. The second-order valence-electron chi connectivity index (χ2n) is 4.42. The first kappa shape index (κ1) is 14.0. The van der Waals surface area contributed by atoms with Crippen molar-refractivity contribution in [2.75, 3.05) is 5.73 Å². The van der Waals surface area contributed by atoms with Crippen molar-refractivity contribution in [2.24, 2.45) is 7.05 Å². The fourth-order valence-corrected chi connectivity index (χ4v) is 3.32. The van der Waals surface area contributed by atoms with Gasteiger partial charge in [-0.25, -0.2) is 18.1 Å². The molecule has 7 heteroatoms. The maximum atomic E-state index is 12.2. The molecular weight excluding hydrogens is 240 g/mol. The summed E-state index contributed by atoms with van der Waals surface area (Å²) in [6.45, 7) is 5.76. The number of hydrogen-bond acceptors (Lipinski definition) is 4. The molecule has 0 spiro atoms. The summed E-state index contributed by atoms with van der Waals surface area (Å²) in [4.78, 5) is 3.79. The molecule has 1 aromatic heterocycles. The number of aromatic nitrogens is 2. The minimum atomic E-state index is -3.63. The van der Waals surface area contributed by atoms with Crippen LogP contribution in [0.5, 0.6) is 0 Å². The summed E-state index contributed by atoms with van der Waals surface area (Å²) in [6, 6.07) is 0. The second-order valence-corrected chi connectivity index (χ2v) is 6.02. The molecule has 0 aliphatic heterocycles. The zero-order valence-corrected chi connectivity index (χ0v) is 11.5. The Balaban J connectivity index is 3.14. The molecule has 1 aromatic rings. The third-order valence-corrected chi connectivity index (χ3v) is 4.87. The summed E-state index contributed by atoms with van der Waals surface area (Å²) in [5.41, 5.74) is 5.12. The van der Waals surface area contributed by atoms with E-state index in [1.54, 1.807) is 7.05 Å². The van der Waals surface area contributed by atoms with Gasteiger partial charge >= 0.3 is 0 Å². The summed E-state index contributed by atoms with van der Waals surface area (Å²) >= 11 is 0. The molecule has 1 heterocycles. The SMILES string of the molecule is CCC(C)(CC)NS(=O)(=O)c1c(N)ncn1C. The van der Waals surface area contributed by atoms with Gasteiger partial charge in [0.15, 0.2) is 10.8 Å². The molecule has 0 atom stereocenters. The average molecular weight is 260 g/mol. The lowest BCUT2D eigenvalue weighted by atomic mass is 9.98. The van der Waals surface area contributed by atoms with Crippen LogP contribution in [0, 0.1) is 0 Å². The van der Waals surface area contributed by atoms with E-state index in [4.69, 9.17) is 5.73 Å². The number of nitrogens with two attached hydrogens (primary N) is 1. The highest BCUT2D eigenvalue weighted by molar-refractivity contribution is 7.89. The number of sulfonamides is 1. The lowest BCUT2D eigenvalue weighted by Crippen LogP contribution is -2.45. The summed E-state index contributed by atoms with van der Waals surface area (Å²) in [6.07, 6.45) is 2.81. The predicted molar refractivity (Wildman–Crippen MR) is 66.9 cm³/mol. The van der Waals surface area contributed by atoms with Crippen molar-refractivity contribution in [3.8, 4) is 0 Å². The van der Waals surface area contributed by atoms with Gasteiger partial charge in [-0.3, -0.25) is 0 Å². The average Bonchev–Trinajstić information content (AvgIpc) is 2.58. The van der Waals surface area contributed by atoms with Gasteiger partial charge in [0.25, 0.3) is 10.0 Å². The molecule has 0 radical (unpaired) electrons. The van der Waals surface area contributed by atoms with Gasteiger partial charge in [0, 0.05) is 12.6 Å². The van der Waals surface area contributed by atoms with Crippen molar-refractivity contribution in [1.82, 2.24) is 14.3 Å². The minimum Gasteiger partial charge on any atom is -0.381 e. The molecule has 0 fully saturated rings. The van der Waals surface area contributed by atoms with Crippen molar-refractivity contribution in [1.29, 1.82) is 0 Å². The number of nitrogen functional groups attached to an aromatic ring is 1. The molecule has 0 bridgehead atoms. The Morgan fingerprint density at radius 1 is 1.47 bits per heavy atom. The van der Waals surface area contributed by atoms with Crippen LogP contribution in [0.2, 0.25) is 0 Å². The third-order valence-electron chi connectivity index (χ3n) is 3.11. The molecule has 3 N–H and O–H groups in total. The van der Waals surface area contributed by atoms with Crippen LogP contribution < -0.4 is 10.5 Å². The number of hydrogen-bond donors (Lipinski definition) is 2. The number of aryl methyl sites for hydroxylation is 1. The first-order valence-corrected chi connectivity index (χ1v) is 7.05. The lowest BCUT2D eigenvalue weighted by Gasteiger charge is -2.27. The van der Waals surface area contributed by atoms with E-state index >= 15 is 0 Å². The van der Waals surface area contributed by atoms with Crippen molar-refractivity contribution in [2.45, 2.75) is 44.2 Å². The van der Waals surface area contributed by atoms with Crippen LogP contribution >= 0.6 is 0 Å². The van der Waals surface area contributed by atoms with E-state index in [1.165, 1.54) is 10.9 Å². The van der Waals surface area contributed by atoms with E-state index in [2.05, 4.69) is 9.71 Å². The molecular formula is C10H20N4O2S. The van der Waals surface area contributed by atoms with Gasteiger partial charge in [0.05, 0.1) is 6.33 Å². The first-order valence-electron chi connectivity index (χ1n) is 5.56. The highest BCUT2D eigenvalue weighted by atomic mass is 32.2. The molecule has 0 saturated heterocycles. The van der Waals surface area contributed by atoms with Gasteiger partial charge in [0.1, 0.15) is 0 Å². The summed E-state index contributed by atoms with van der Waals surface area (Å²) < 4.78 is 28.5. The first-order chi connectivity index (χ1) is 7.75. The highest BCUT2D eigenvalue weighted by Crippen LogP contribution is 2.21. The normalized spacial score (nSPS) is 12.9. The standard InChI is InChI=1S/C10H20N4O2S/c1-5-10(3,6-2)13-17(15,16)9-8(11)12-7-14(9)4/h7,13H,5-6,11H2,1-4H3. The largest absolute Gasteiger partial charge is 0.381 e. The van der Waals surface area contributed by atoms with E-state index in [0.29, 0.717) is 12.8 Å². The highest BCUT2D eigenvalue weighted by Gasteiger charge is 2.30. The Morgan fingerprint density at radius 3 is 2.35 bits per heavy atom. The molecule has 0 unspecified atom stereocenters. The smallest absolute Gasteiger partial charge is 0.260 e. The van der Waals surface area contributed by atoms with Crippen molar-refractivity contribution < 1.29 is 8.42 Å². The third kappa shape index (κ3) is 2.78. The van der Waals surface area contributed by atoms with E-state index in [1.807, 2.05) is 20.8 Å². The van der Waals surface area contributed by atoms with E-state index < -0.39 is 15.6 Å². The molecule has 0 aliphatic rings. The molecule has 0 amide bonds. The number of imidazole rings is 1. The summed E-state index contributed by atoms with van der Waals surface area (Å²) in [5.74, 6) is 0.0227. The monoisotopic (exact) mass is 260 g/mol. The minimum absolute atomic E-state index is 0.0191. The van der Waals surface area contributed by atoms with Crippen molar-refractivity contribution >= 4 is 15.8 Å². The second kappa shape index (κ2) is 4.66. The molecule has 98 valence electrons. The fourth-order valence-electron chi connectivity index (χ4n) is 1.53. The molecule has 0 aromatic carbocycles. The molecule has 6 nitrogen and oxygen atoms in total. The van der Waals surface area contributed by atoms with Gasteiger partial charge in [-0.1, -0.05) is 13.8 Å². The number of nitrogens with one attached hydrogen (secondary N) is 1. The molecule has 1 rings (SSSR count). The number of rotatable bonds is 5. The summed E-state index contributed by atoms with van der Waals surface area (Å²) in [5, 5.41) is 0.0191. The van der Waals surface area contributed by atoms with Crippen molar-refractivity contribution in [3.63, 3.8) is 0 Å². The van der Waals surface area contributed by atoms with E-state index in [-0.39, 0.29) is 10.8 Å². The number of anilines is 1. The molecule has 0 aliphatic carbocycles. The maximum absolute atomic E-state index is 12.2. The van der Waals surface area contributed by atoms with E-state index in [0.717, 1.165) is 0 Å². The van der Waals surface area contributed by atoms with Gasteiger partial charge in [-0.05, 0) is 19.8 Å². The quantitative estimate of drug-likeness (QED) is 0.821. The Bertz CT molecular complexity index is 469. The predicted octanol–water partition coefficient (Wildman–Crippen LogP) is 0.859. The van der Waals surface area contributed by atoms with Crippen LogP contribution in [-0.4, -0.2) is 23.5 Å². The van der Waals surface area contributed by atoms with Crippen LogP contribution in [0.1, 0.15) is 33.6 Å². The maximum Gasteiger partial charge on any atom is 0.260 e. The topological polar surface area (TPSA) is 90.0 Å². The van der Waals surface area contributed by atoms with Gasteiger partial charge in [-0.2, -0.15) is 0 Å². The molecule has 0 saturated carbocycles. The lowest BCUT2D eigenvalue weighted by molar-refractivity contribution is 0.387.